The van der Waals surface area contributed by atoms with Crippen molar-refractivity contribution in [3.8, 4) is 5.75 Å². The average molecular weight is 386 g/mol. The first-order chi connectivity index (χ1) is 12.6. The summed E-state index contributed by atoms with van der Waals surface area (Å²) in [6, 6.07) is 21.5. The molecular weight excluding hydrogens is 369 g/mol. The topological polar surface area (TPSA) is 34.4 Å². The molecule has 0 aliphatic heterocycles. The summed E-state index contributed by atoms with van der Waals surface area (Å²) in [6.07, 6.45) is -0.680. The summed E-state index contributed by atoms with van der Waals surface area (Å²) in [5.74, 6) is 0.511. The number of benzene rings is 3. The van der Waals surface area contributed by atoms with Crippen LogP contribution in [0.3, 0.4) is 0 Å². The van der Waals surface area contributed by atoms with E-state index in [1.165, 1.54) is 10.8 Å². The maximum absolute atomic E-state index is 10.5. The highest BCUT2D eigenvalue weighted by molar-refractivity contribution is 6.35. The molecule has 0 fully saturated rings. The number of ether oxygens (including phenoxy) is 1. The van der Waals surface area contributed by atoms with Gasteiger partial charge in [-0.05, 0) is 30.3 Å². The molecule has 1 heterocycles. The standard InChI is InChI=1S/C21H17Cl2NO2/c22-14-9-10-21(18(23)11-14)26-13-15(25)12-24-19-7-3-1-5-16(19)17-6-2-4-8-20(17)24/h1-11,15,25H,12-13H2/t15-/m1/s1. The van der Waals surface area contributed by atoms with Crippen LogP contribution < -0.4 is 4.74 Å². The van der Waals surface area contributed by atoms with Crippen molar-refractivity contribution in [2.45, 2.75) is 12.6 Å². The number of aliphatic hydroxyl groups is 1. The Hall–Kier alpha value is -2.20. The lowest BCUT2D eigenvalue weighted by Crippen LogP contribution is -2.23. The van der Waals surface area contributed by atoms with Gasteiger partial charge < -0.3 is 14.4 Å². The van der Waals surface area contributed by atoms with Crippen LogP contribution in [0, 0.1) is 0 Å². The van der Waals surface area contributed by atoms with Gasteiger partial charge in [0.1, 0.15) is 18.5 Å². The molecule has 1 N–H and O–H groups in total. The molecule has 1 atom stereocenters. The van der Waals surface area contributed by atoms with Crippen molar-refractivity contribution < 1.29 is 9.84 Å². The molecule has 0 saturated heterocycles. The normalized spacial score (nSPS) is 12.6. The lowest BCUT2D eigenvalue weighted by Gasteiger charge is -2.15. The second-order valence-corrected chi connectivity index (χ2v) is 7.03. The van der Waals surface area contributed by atoms with Crippen LogP contribution in [0.2, 0.25) is 10.0 Å². The Balaban J connectivity index is 1.58. The first kappa shape index (κ1) is 17.2. The van der Waals surface area contributed by atoms with Crippen LogP contribution in [-0.4, -0.2) is 22.4 Å². The fourth-order valence-corrected chi connectivity index (χ4v) is 3.70. The molecule has 5 heteroatoms. The van der Waals surface area contributed by atoms with Crippen molar-refractivity contribution in [2.75, 3.05) is 6.61 Å². The molecule has 26 heavy (non-hydrogen) atoms. The van der Waals surface area contributed by atoms with Gasteiger partial charge in [0.15, 0.2) is 0 Å². The highest BCUT2D eigenvalue weighted by Crippen LogP contribution is 2.30. The van der Waals surface area contributed by atoms with Gasteiger partial charge in [0.25, 0.3) is 0 Å². The summed E-state index contributed by atoms with van der Waals surface area (Å²) < 4.78 is 7.80. The fourth-order valence-electron chi connectivity index (χ4n) is 3.24. The monoisotopic (exact) mass is 385 g/mol. The predicted octanol–water partition coefficient (Wildman–Crippen LogP) is 5.54. The highest BCUT2D eigenvalue weighted by Gasteiger charge is 2.14. The van der Waals surface area contributed by atoms with E-state index in [9.17, 15) is 5.11 Å². The SMILES string of the molecule is O[C@@H](COc1ccc(Cl)cc1Cl)Cn1c2ccccc2c2ccccc21. The Morgan fingerprint density at radius 1 is 0.885 bits per heavy atom. The molecular formula is C21H17Cl2NO2. The largest absolute Gasteiger partial charge is 0.489 e. The van der Waals surface area contributed by atoms with E-state index in [-0.39, 0.29) is 6.61 Å². The second-order valence-electron chi connectivity index (χ2n) is 6.18. The number of para-hydroxylation sites is 2. The molecule has 0 spiro atoms. The van der Waals surface area contributed by atoms with E-state index in [0.29, 0.717) is 22.3 Å². The lowest BCUT2D eigenvalue weighted by molar-refractivity contribution is 0.0945. The van der Waals surface area contributed by atoms with Crippen molar-refractivity contribution in [2.24, 2.45) is 0 Å². The van der Waals surface area contributed by atoms with Crippen LogP contribution in [0.5, 0.6) is 5.75 Å². The minimum atomic E-state index is -0.680. The van der Waals surface area contributed by atoms with Gasteiger partial charge >= 0.3 is 0 Å². The van der Waals surface area contributed by atoms with Crippen molar-refractivity contribution in [3.05, 3.63) is 76.8 Å². The van der Waals surface area contributed by atoms with Crippen LogP contribution in [-0.2, 0) is 6.54 Å². The molecule has 0 unspecified atom stereocenters. The van der Waals surface area contributed by atoms with E-state index in [1.54, 1.807) is 18.2 Å². The Kier molecular flexibility index (Phi) is 4.77. The number of aliphatic hydroxyl groups excluding tert-OH is 1. The van der Waals surface area contributed by atoms with Crippen LogP contribution in [0.25, 0.3) is 21.8 Å². The third-order valence-electron chi connectivity index (χ3n) is 4.40. The third kappa shape index (κ3) is 3.26. The van der Waals surface area contributed by atoms with Gasteiger partial charge in [0.2, 0.25) is 0 Å². The maximum atomic E-state index is 10.5. The molecule has 0 saturated carbocycles. The van der Waals surface area contributed by atoms with Crippen molar-refractivity contribution in [1.82, 2.24) is 4.57 Å². The van der Waals surface area contributed by atoms with Crippen molar-refractivity contribution in [3.63, 3.8) is 0 Å². The molecule has 0 amide bonds. The van der Waals surface area contributed by atoms with Gasteiger partial charge in [-0.25, -0.2) is 0 Å². The number of aromatic nitrogens is 1. The van der Waals surface area contributed by atoms with Gasteiger partial charge in [-0.3, -0.25) is 0 Å². The molecule has 3 nitrogen and oxygen atoms in total. The number of nitrogens with zero attached hydrogens (tertiary/aromatic N) is 1. The summed E-state index contributed by atoms with van der Waals surface area (Å²) >= 11 is 12.0. The molecule has 0 radical (unpaired) electrons. The Morgan fingerprint density at radius 3 is 2.12 bits per heavy atom. The molecule has 0 bridgehead atoms. The number of halogens is 2. The maximum Gasteiger partial charge on any atom is 0.138 e. The zero-order valence-electron chi connectivity index (χ0n) is 13.9. The number of hydrogen-bond donors (Lipinski definition) is 1. The van der Waals surface area contributed by atoms with Gasteiger partial charge in [-0.15, -0.1) is 0 Å². The van der Waals surface area contributed by atoms with Crippen molar-refractivity contribution >= 4 is 45.0 Å². The summed E-state index contributed by atoms with van der Waals surface area (Å²) in [4.78, 5) is 0. The highest BCUT2D eigenvalue weighted by atomic mass is 35.5. The Labute approximate surface area is 161 Å². The van der Waals surface area contributed by atoms with Crippen LogP contribution in [0.4, 0.5) is 0 Å². The van der Waals surface area contributed by atoms with Gasteiger partial charge in [-0.1, -0.05) is 59.6 Å². The molecule has 3 aromatic carbocycles. The molecule has 0 aliphatic carbocycles. The molecule has 0 aliphatic rings. The second kappa shape index (κ2) is 7.20. The van der Waals surface area contributed by atoms with Crippen LogP contribution >= 0.6 is 23.2 Å². The molecule has 132 valence electrons. The first-order valence-electron chi connectivity index (χ1n) is 8.35. The molecule has 4 aromatic rings. The molecule has 1 aromatic heterocycles. The first-order valence-corrected chi connectivity index (χ1v) is 9.11. The van der Waals surface area contributed by atoms with Gasteiger partial charge in [0, 0.05) is 26.8 Å². The quantitative estimate of drug-likeness (QED) is 0.489. The Morgan fingerprint density at radius 2 is 1.50 bits per heavy atom. The smallest absolute Gasteiger partial charge is 0.138 e. The van der Waals surface area contributed by atoms with E-state index in [0.717, 1.165) is 11.0 Å². The number of rotatable bonds is 5. The van der Waals surface area contributed by atoms with E-state index < -0.39 is 6.10 Å². The average Bonchev–Trinajstić information content (AvgIpc) is 2.95. The van der Waals surface area contributed by atoms with Crippen LogP contribution in [0.15, 0.2) is 66.7 Å². The van der Waals surface area contributed by atoms with Gasteiger partial charge in [0.05, 0.1) is 11.6 Å². The Bertz CT molecular complexity index is 1020. The summed E-state index contributed by atoms with van der Waals surface area (Å²) in [5.41, 5.74) is 2.19. The van der Waals surface area contributed by atoms with Gasteiger partial charge in [-0.2, -0.15) is 0 Å². The number of hydrogen-bond acceptors (Lipinski definition) is 2. The van der Waals surface area contributed by atoms with Crippen LogP contribution in [0.1, 0.15) is 0 Å². The minimum absolute atomic E-state index is 0.141. The fraction of sp³-hybridized carbons (Fsp3) is 0.143. The zero-order valence-corrected chi connectivity index (χ0v) is 15.4. The number of fused-ring (bicyclic) bond motifs is 3. The zero-order chi connectivity index (χ0) is 18.1. The molecule has 4 rings (SSSR count). The lowest BCUT2D eigenvalue weighted by atomic mass is 10.2. The van der Waals surface area contributed by atoms with E-state index in [4.69, 9.17) is 27.9 Å². The third-order valence-corrected chi connectivity index (χ3v) is 4.93. The summed E-state index contributed by atoms with van der Waals surface area (Å²) in [6.45, 7) is 0.571. The summed E-state index contributed by atoms with van der Waals surface area (Å²) in [7, 11) is 0. The van der Waals surface area contributed by atoms with E-state index in [2.05, 4.69) is 28.8 Å². The minimum Gasteiger partial charge on any atom is -0.489 e. The predicted molar refractivity (Wildman–Crippen MR) is 107 cm³/mol. The van der Waals surface area contributed by atoms with Crippen molar-refractivity contribution in [1.29, 1.82) is 0 Å². The van der Waals surface area contributed by atoms with E-state index >= 15 is 0 Å². The van der Waals surface area contributed by atoms with E-state index in [1.807, 2.05) is 24.3 Å². The summed E-state index contributed by atoms with van der Waals surface area (Å²) in [5, 5.41) is 13.9.